The van der Waals surface area contributed by atoms with Gasteiger partial charge in [-0.3, -0.25) is 20.4 Å². The Morgan fingerprint density at radius 1 is 1.27 bits per heavy atom. The molecule has 0 radical (unpaired) electrons. The summed E-state index contributed by atoms with van der Waals surface area (Å²) < 4.78 is 20.0. The number of methoxy groups -OCH3 is 1. The molecule has 1 aliphatic rings. The van der Waals surface area contributed by atoms with E-state index >= 15 is 0 Å². The molecule has 33 heavy (non-hydrogen) atoms. The first kappa shape index (κ1) is 24.7. The van der Waals surface area contributed by atoms with Gasteiger partial charge in [-0.2, -0.15) is 0 Å². The van der Waals surface area contributed by atoms with Gasteiger partial charge in [0.05, 0.1) is 22.8 Å². The second kappa shape index (κ2) is 9.48. The second-order valence-corrected chi connectivity index (χ2v) is 9.66. The van der Waals surface area contributed by atoms with Crippen molar-refractivity contribution in [1.29, 1.82) is 10.8 Å². The molecule has 10 heteroatoms. The van der Waals surface area contributed by atoms with Crippen LogP contribution in [-0.4, -0.2) is 56.9 Å². The lowest BCUT2D eigenvalue weighted by atomic mass is 9.95. The fraction of sp³-hybridized carbons (Fsp3) is 0.391. The summed E-state index contributed by atoms with van der Waals surface area (Å²) in [6.07, 6.45) is 1.56. The molecule has 0 aliphatic carbocycles. The zero-order chi connectivity index (χ0) is 24.5. The number of hydrogen-bond donors (Lipinski definition) is 3. The molecule has 1 aromatic heterocycles. The number of pyridine rings is 1. The van der Waals surface area contributed by atoms with Crippen LogP contribution in [0.2, 0.25) is 0 Å². The van der Waals surface area contributed by atoms with Gasteiger partial charge in [0.2, 0.25) is 5.43 Å². The molecule has 2 aromatic rings. The van der Waals surface area contributed by atoms with Gasteiger partial charge >= 0.3 is 0 Å². The Bertz CT molecular complexity index is 1160. The highest BCUT2D eigenvalue weighted by Crippen LogP contribution is 2.32. The third kappa shape index (κ3) is 4.86. The summed E-state index contributed by atoms with van der Waals surface area (Å²) in [7, 11) is 1.53. The van der Waals surface area contributed by atoms with E-state index in [0.717, 1.165) is 11.8 Å². The third-order valence-electron chi connectivity index (χ3n) is 5.57. The highest BCUT2D eigenvalue weighted by Gasteiger charge is 2.42. The summed E-state index contributed by atoms with van der Waals surface area (Å²) in [4.78, 5) is 27.5. The predicted molar refractivity (Wildman–Crippen MR) is 126 cm³/mol. The molecule has 1 atom stereocenters. The Kier molecular flexibility index (Phi) is 7.08. The van der Waals surface area contributed by atoms with Crippen LogP contribution in [0, 0.1) is 16.6 Å². The van der Waals surface area contributed by atoms with Crippen LogP contribution in [-0.2, 0) is 16.7 Å². The van der Waals surface area contributed by atoms with Crippen LogP contribution in [0.25, 0.3) is 0 Å². The average molecular weight is 475 g/mol. The van der Waals surface area contributed by atoms with E-state index in [0.29, 0.717) is 12.1 Å². The van der Waals surface area contributed by atoms with Gasteiger partial charge in [-0.1, -0.05) is 23.9 Å². The molecule has 176 valence electrons. The fourth-order valence-electron chi connectivity index (χ4n) is 3.89. The minimum Gasteiger partial charge on any atom is -0.503 e. The SMILES string of the molecule is COC[C@]1(C)CN(C(C)C)C(=O)c2c(O)c(=O)c(C(=N)SC(=N)Cc3ccc(F)cc3)cn21. The smallest absolute Gasteiger partial charge is 0.274 e. The maximum atomic E-state index is 13.1. The molecule has 0 bridgehead atoms. The van der Waals surface area contributed by atoms with Crippen molar-refractivity contribution in [3.63, 3.8) is 0 Å². The number of nitrogens with one attached hydrogen (secondary N) is 2. The van der Waals surface area contributed by atoms with E-state index in [1.54, 1.807) is 17.0 Å². The van der Waals surface area contributed by atoms with Gasteiger partial charge in [-0.15, -0.1) is 0 Å². The van der Waals surface area contributed by atoms with Crippen molar-refractivity contribution in [3.05, 3.63) is 63.3 Å². The number of benzene rings is 1. The number of rotatable bonds is 6. The van der Waals surface area contributed by atoms with Crippen molar-refractivity contribution in [1.82, 2.24) is 9.47 Å². The van der Waals surface area contributed by atoms with Crippen molar-refractivity contribution in [2.45, 2.75) is 38.8 Å². The van der Waals surface area contributed by atoms with Gasteiger partial charge in [0.15, 0.2) is 11.4 Å². The number of carbonyl (C=O) groups is 1. The van der Waals surface area contributed by atoms with E-state index in [2.05, 4.69) is 0 Å². The molecule has 8 nitrogen and oxygen atoms in total. The van der Waals surface area contributed by atoms with Gasteiger partial charge < -0.3 is 19.3 Å². The summed E-state index contributed by atoms with van der Waals surface area (Å²) in [6.45, 7) is 6.06. The zero-order valence-corrected chi connectivity index (χ0v) is 19.8. The number of ether oxygens (including phenoxy) is 1. The Morgan fingerprint density at radius 2 is 1.91 bits per heavy atom. The summed E-state index contributed by atoms with van der Waals surface area (Å²) in [5.41, 5.74) is -1.18. The minimum absolute atomic E-state index is 0.0786. The topological polar surface area (TPSA) is 119 Å². The number of nitrogens with zero attached hydrogens (tertiary/aromatic N) is 2. The number of aromatic nitrogens is 1. The number of fused-ring (bicyclic) bond motifs is 1. The number of thioether (sulfide) groups is 1. The molecular weight excluding hydrogens is 447 g/mol. The van der Waals surface area contributed by atoms with Crippen molar-refractivity contribution in [3.8, 4) is 5.75 Å². The molecule has 2 heterocycles. The lowest BCUT2D eigenvalue weighted by molar-refractivity contribution is 0.0249. The minimum atomic E-state index is -0.841. The number of aromatic hydroxyl groups is 1. The van der Waals surface area contributed by atoms with E-state index in [-0.39, 0.29) is 46.2 Å². The van der Waals surface area contributed by atoms with Gasteiger partial charge in [-0.05, 0) is 38.5 Å². The van der Waals surface area contributed by atoms with Crippen molar-refractivity contribution >= 4 is 27.8 Å². The van der Waals surface area contributed by atoms with Crippen molar-refractivity contribution < 1.29 is 19.0 Å². The Morgan fingerprint density at radius 3 is 2.48 bits per heavy atom. The van der Waals surface area contributed by atoms with Gasteiger partial charge in [-0.25, -0.2) is 4.39 Å². The van der Waals surface area contributed by atoms with E-state index in [9.17, 15) is 19.1 Å². The van der Waals surface area contributed by atoms with Crippen LogP contribution in [0.1, 0.15) is 42.4 Å². The summed E-state index contributed by atoms with van der Waals surface area (Å²) in [6, 6.07) is 5.53. The van der Waals surface area contributed by atoms with Gasteiger partial charge in [0.25, 0.3) is 5.91 Å². The fourth-order valence-corrected chi connectivity index (χ4v) is 4.63. The van der Waals surface area contributed by atoms with Crippen molar-refractivity contribution in [2.24, 2.45) is 0 Å². The van der Waals surface area contributed by atoms with Crippen LogP contribution in [0.4, 0.5) is 4.39 Å². The molecular formula is C23H27FN4O4S. The van der Waals surface area contributed by atoms with E-state index in [1.165, 1.54) is 30.0 Å². The predicted octanol–water partition coefficient (Wildman–Crippen LogP) is 3.20. The quantitative estimate of drug-likeness (QED) is 0.439. The Labute approximate surface area is 195 Å². The molecule has 0 unspecified atom stereocenters. The zero-order valence-electron chi connectivity index (χ0n) is 18.9. The summed E-state index contributed by atoms with van der Waals surface area (Å²) in [5, 5.41) is 27.2. The second-order valence-electron chi connectivity index (χ2n) is 8.55. The summed E-state index contributed by atoms with van der Waals surface area (Å²) in [5.74, 6) is -1.57. The van der Waals surface area contributed by atoms with Gasteiger partial charge in [0.1, 0.15) is 10.9 Å². The van der Waals surface area contributed by atoms with Crippen LogP contribution >= 0.6 is 11.8 Å². The number of carbonyl (C=O) groups excluding carboxylic acids is 1. The normalized spacial score (nSPS) is 17.9. The monoisotopic (exact) mass is 474 g/mol. The first-order valence-electron chi connectivity index (χ1n) is 10.4. The highest BCUT2D eigenvalue weighted by atomic mass is 32.2. The highest BCUT2D eigenvalue weighted by molar-refractivity contribution is 8.26. The lowest BCUT2D eigenvalue weighted by Gasteiger charge is -2.44. The molecule has 1 amide bonds. The maximum absolute atomic E-state index is 13.1. The van der Waals surface area contributed by atoms with E-state index in [1.807, 2.05) is 20.8 Å². The molecule has 3 N–H and O–H groups in total. The molecule has 0 spiro atoms. The standard InChI is InChI=1S/C23H27FN4O4S/c1-13(2)27-11-23(3,12-32-4)28-10-16(19(29)20(30)18(28)22(27)31)21(26)33-17(25)9-14-5-7-15(24)8-6-14/h5-8,10,13,25-26,30H,9,11-12H2,1-4H3/t23-/m0/s1. The first-order valence-corrected chi connectivity index (χ1v) is 11.2. The molecule has 1 aromatic carbocycles. The molecule has 0 saturated heterocycles. The van der Waals surface area contributed by atoms with Crippen molar-refractivity contribution in [2.75, 3.05) is 20.3 Å². The lowest BCUT2D eigenvalue weighted by Crippen LogP contribution is -2.57. The van der Waals surface area contributed by atoms with Crippen LogP contribution in [0.15, 0.2) is 35.3 Å². The average Bonchev–Trinajstić information content (AvgIpc) is 2.74. The van der Waals surface area contributed by atoms with Gasteiger partial charge in [0, 0.05) is 32.3 Å². The largest absolute Gasteiger partial charge is 0.503 e. The Balaban J connectivity index is 1.98. The molecule has 1 aliphatic heterocycles. The van der Waals surface area contributed by atoms with Crippen LogP contribution < -0.4 is 5.43 Å². The maximum Gasteiger partial charge on any atom is 0.274 e. The molecule has 0 saturated carbocycles. The van der Waals surface area contributed by atoms with Crippen LogP contribution in [0.5, 0.6) is 5.75 Å². The first-order chi connectivity index (χ1) is 15.5. The third-order valence-corrected chi connectivity index (χ3v) is 6.38. The number of halogens is 1. The molecule has 0 fully saturated rings. The van der Waals surface area contributed by atoms with E-state index in [4.69, 9.17) is 15.6 Å². The van der Waals surface area contributed by atoms with Crippen LogP contribution in [0.3, 0.4) is 0 Å². The molecule has 3 rings (SSSR count). The number of amides is 1. The summed E-state index contributed by atoms with van der Waals surface area (Å²) >= 11 is 0.767. The number of hydrogen-bond acceptors (Lipinski definition) is 7. The van der Waals surface area contributed by atoms with E-state index < -0.39 is 22.6 Å². The Hall–Kier alpha value is -2.98.